The third-order valence-electron chi connectivity index (χ3n) is 17.1. The molecule has 0 spiro atoms. The summed E-state index contributed by atoms with van der Waals surface area (Å²) in [5, 5.41) is 14.0. The topological polar surface area (TPSA) is 105 Å². The summed E-state index contributed by atoms with van der Waals surface area (Å²) in [6.07, 6.45) is 108. The summed E-state index contributed by atoms with van der Waals surface area (Å²) in [6, 6.07) is -0.877. The fraction of sp³-hybridized carbons (Fsp3) is 0.747. The second-order valence-electron chi connectivity index (χ2n) is 27.3. The zero-order valence-corrected chi connectivity index (χ0v) is 61.9. The second-order valence-corrected chi connectivity index (χ2v) is 28.8. The van der Waals surface area contributed by atoms with Gasteiger partial charge in [-0.05, 0) is 103 Å². The molecule has 0 rings (SSSR count). The van der Waals surface area contributed by atoms with E-state index in [1.807, 2.05) is 27.2 Å². The summed E-state index contributed by atoms with van der Waals surface area (Å²) >= 11 is 0. The Morgan fingerprint density at radius 1 is 0.380 bits per heavy atom. The Balaban J connectivity index is 4.04. The predicted molar refractivity (Wildman–Crippen MR) is 405 cm³/mol. The van der Waals surface area contributed by atoms with Gasteiger partial charge in [-0.3, -0.25) is 13.8 Å². The van der Waals surface area contributed by atoms with Gasteiger partial charge in [0.05, 0.1) is 39.9 Å². The molecule has 0 aromatic heterocycles. The number of rotatable bonds is 71. The lowest BCUT2D eigenvalue weighted by Gasteiger charge is -2.25. The third kappa shape index (κ3) is 74.3. The molecule has 0 saturated carbocycles. The first-order valence-corrected chi connectivity index (χ1v) is 40.4. The Hall–Kier alpha value is -3.10. The van der Waals surface area contributed by atoms with Crippen molar-refractivity contribution in [1.82, 2.24) is 5.32 Å². The van der Waals surface area contributed by atoms with Crippen LogP contribution in [0, 0.1) is 0 Å². The number of phosphoric ester groups is 1. The molecule has 0 radical (unpaired) electrons. The van der Waals surface area contributed by atoms with E-state index in [9.17, 15) is 19.4 Å². The highest BCUT2D eigenvalue weighted by Crippen LogP contribution is 2.43. The molecule has 0 aromatic rings. The van der Waals surface area contributed by atoms with E-state index in [1.54, 1.807) is 6.08 Å². The molecule has 9 heteroatoms. The average Bonchev–Trinajstić information content (AvgIpc) is 2.63. The highest BCUT2D eigenvalue weighted by atomic mass is 31.2. The summed E-state index contributed by atoms with van der Waals surface area (Å²) < 4.78 is 23.8. The van der Waals surface area contributed by atoms with Gasteiger partial charge in [-0.15, -0.1) is 0 Å². The highest BCUT2D eigenvalue weighted by Gasteiger charge is 2.28. The van der Waals surface area contributed by atoms with Crippen molar-refractivity contribution in [2.24, 2.45) is 0 Å². The average molecular weight is 1300 g/mol. The number of nitrogens with zero attached hydrogens (tertiary/aromatic N) is 1. The van der Waals surface area contributed by atoms with Gasteiger partial charge in [-0.25, -0.2) is 4.57 Å². The van der Waals surface area contributed by atoms with Crippen molar-refractivity contribution in [3.05, 3.63) is 122 Å². The van der Waals surface area contributed by atoms with Gasteiger partial charge in [0.1, 0.15) is 13.2 Å². The van der Waals surface area contributed by atoms with Crippen LogP contribution in [0.25, 0.3) is 0 Å². The lowest BCUT2D eigenvalue weighted by atomic mass is 10.0. The number of aliphatic hydroxyl groups excluding tert-OH is 1. The van der Waals surface area contributed by atoms with E-state index in [0.29, 0.717) is 17.4 Å². The van der Waals surface area contributed by atoms with Crippen LogP contribution < -0.4 is 5.32 Å². The van der Waals surface area contributed by atoms with Crippen molar-refractivity contribution in [3.63, 3.8) is 0 Å². The number of phosphoric acid groups is 1. The van der Waals surface area contributed by atoms with Gasteiger partial charge < -0.3 is 19.8 Å². The van der Waals surface area contributed by atoms with E-state index in [2.05, 4.69) is 129 Å². The number of hydrogen-bond acceptors (Lipinski definition) is 5. The molecule has 0 aliphatic heterocycles. The number of nitrogens with one attached hydrogen (secondary N) is 1. The molecule has 0 heterocycles. The van der Waals surface area contributed by atoms with Crippen LogP contribution in [0.15, 0.2) is 122 Å². The molecule has 0 aliphatic carbocycles. The lowest BCUT2D eigenvalue weighted by molar-refractivity contribution is -0.870. The van der Waals surface area contributed by atoms with Crippen molar-refractivity contribution in [3.8, 4) is 0 Å². The van der Waals surface area contributed by atoms with Gasteiger partial charge >= 0.3 is 7.82 Å². The molecule has 0 bridgehead atoms. The van der Waals surface area contributed by atoms with Crippen molar-refractivity contribution < 1.29 is 32.9 Å². The van der Waals surface area contributed by atoms with Crippen LogP contribution in [0.3, 0.4) is 0 Å². The van der Waals surface area contributed by atoms with Crippen molar-refractivity contribution in [2.75, 3.05) is 40.9 Å². The number of allylic oxidation sites excluding steroid dienone is 19. The van der Waals surface area contributed by atoms with Gasteiger partial charge in [0.25, 0.3) is 0 Å². The Kier molecular flexibility index (Phi) is 69.7. The number of unbranched alkanes of at least 4 members (excludes halogenated alkanes) is 40. The maximum atomic E-state index is 13.1. The second kappa shape index (κ2) is 72.2. The number of carbonyl (C=O) groups is 1. The number of carbonyl (C=O) groups excluding carboxylic acids is 1. The fourth-order valence-electron chi connectivity index (χ4n) is 11.2. The van der Waals surface area contributed by atoms with Crippen molar-refractivity contribution >= 4 is 13.7 Å². The Bertz CT molecular complexity index is 1920. The first-order chi connectivity index (χ1) is 45.0. The number of hydrogen-bond donors (Lipinski definition) is 3. The minimum absolute atomic E-state index is 0.0508. The number of likely N-dealkylation sites (N-methyl/N-ethyl adjacent to an activating group) is 1. The Morgan fingerprint density at radius 3 is 1.00 bits per heavy atom. The molecule has 532 valence electrons. The van der Waals surface area contributed by atoms with Crippen LogP contribution >= 0.6 is 7.82 Å². The molecule has 3 N–H and O–H groups in total. The summed E-state index contributed by atoms with van der Waals surface area (Å²) in [4.78, 5) is 23.5. The van der Waals surface area contributed by atoms with E-state index in [-0.39, 0.29) is 19.1 Å². The monoisotopic (exact) mass is 1300 g/mol. The van der Waals surface area contributed by atoms with Crippen molar-refractivity contribution in [2.45, 2.75) is 360 Å². The van der Waals surface area contributed by atoms with Gasteiger partial charge in [-0.2, -0.15) is 0 Å². The van der Waals surface area contributed by atoms with Gasteiger partial charge in [0.2, 0.25) is 5.91 Å². The van der Waals surface area contributed by atoms with Gasteiger partial charge in [0, 0.05) is 6.42 Å². The quantitative estimate of drug-likeness (QED) is 0.0243. The number of aliphatic hydroxyl groups is 1. The molecular formula is C83H150N2O6P+. The third-order valence-corrected chi connectivity index (χ3v) is 18.1. The molecule has 0 aromatic carbocycles. The van der Waals surface area contributed by atoms with E-state index < -0.39 is 20.0 Å². The van der Waals surface area contributed by atoms with Crippen molar-refractivity contribution in [1.29, 1.82) is 0 Å². The molecule has 3 unspecified atom stereocenters. The van der Waals surface area contributed by atoms with Crippen LogP contribution in [0.5, 0.6) is 0 Å². The Morgan fingerprint density at radius 2 is 0.663 bits per heavy atom. The minimum Gasteiger partial charge on any atom is -0.387 e. The van der Waals surface area contributed by atoms with E-state index in [1.165, 1.54) is 238 Å². The molecule has 3 atom stereocenters. The van der Waals surface area contributed by atoms with E-state index >= 15 is 0 Å². The lowest BCUT2D eigenvalue weighted by Crippen LogP contribution is -2.45. The molecule has 92 heavy (non-hydrogen) atoms. The molecule has 0 fully saturated rings. The molecule has 0 aliphatic rings. The van der Waals surface area contributed by atoms with Gasteiger partial charge in [-0.1, -0.05) is 360 Å². The van der Waals surface area contributed by atoms with Crippen LogP contribution in [-0.4, -0.2) is 73.4 Å². The first-order valence-electron chi connectivity index (χ1n) is 38.9. The zero-order chi connectivity index (χ0) is 66.9. The van der Waals surface area contributed by atoms with E-state index in [0.717, 1.165) is 89.9 Å². The summed E-state index contributed by atoms with van der Waals surface area (Å²) in [5.41, 5.74) is 0. The number of amides is 1. The largest absolute Gasteiger partial charge is 0.472 e. The van der Waals surface area contributed by atoms with E-state index in [4.69, 9.17) is 9.05 Å². The predicted octanol–water partition coefficient (Wildman–Crippen LogP) is 25.6. The summed E-state index contributed by atoms with van der Waals surface area (Å²) in [6.45, 7) is 4.70. The van der Waals surface area contributed by atoms with Gasteiger partial charge in [0.15, 0.2) is 0 Å². The number of quaternary nitrogens is 1. The normalized spacial score (nSPS) is 14.2. The molecule has 1 amide bonds. The molecule has 8 nitrogen and oxygen atoms in total. The molecular weight excluding hydrogens is 1150 g/mol. The summed E-state index contributed by atoms with van der Waals surface area (Å²) in [5.74, 6) is -0.189. The van der Waals surface area contributed by atoms with Crippen LogP contribution in [0.2, 0.25) is 0 Å². The Labute approximate surface area is 571 Å². The fourth-order valence-corrected chi connectivity index (χ4v) is 11.9. The zero-order valence-electron chi connectivity index (χ0n) is 61.0. The maximum Gasteiger partial charge on any atom is 0.472 e. The summed E-state index contributed by atoms with van der Waals surface area (Å²) in [7, 11) is 1.55. The minimum atomic E-state index is -4.37. The first kappa shape index (κ1) is 88.9. The van der Waals surface area contributed by atoms with Crippen LogP contribution in [0.4, 0.5) is 0 Å². The van der Waals surface area contributed by atoms with Crippen LogP contribution in [0.1, 0.15) is 348 Å². The standard InChI is InChI=1S/C83H149N2O6P/c1-6-8-10-12-14-16-18-20-22-24-26-28-30-32-34-36-37-38-39-40-41-42-43-44-45-46-47-49-51-53-55-57-59-61-63-65-67-69-71-73-75-77-83(87)84-81(80-91-92(88,89)90-79-78-85(3,4)5)82(86)76-74-72-70-68-66-64-62-60-58-56-54-52-50-48-35-33-31-29-27-25-23-21-19-17-15-13-11-9-7-2/h8,10,14,16,20,22,26,28,32,34,37-38,40-41,58,60,66,68,74,76,81-82,86H,6-7,9,11-13,15,17-19,21,23-25,27,29-31,33,35-36,39,42-57,59,61-65,67,69-73,75,77-80H2,1-5H3,(H-,84,87,88,89)/p+1/b10-8-,16-14-,22-20-,28-26-,34-32-,38-37-,41-40-,60-58+,68-66+,76-74+. The SMILES string of the molecule is CC/C=C\C/C=C\C/C=C\C/C=C\C/C=C\C/C=C\C/C=C\CCCCCCCCCCCCCCCCCCCCCC(=O)NC(COP(=O)(O)OCC[N+](C)(C)C)C(O)/C=C/CC/C=C/CC/C=C/CCCCCCCCCCCCCCCCCCCCC. The smallest absolute Gasteiger partial charge is 0.387 e. The molecule has 0 saturated heterocycles. The maximum absolute atomic E-state index is 13.1. The van der Waals surface area contributed by atoms with Crippen LogP contribution in [-0.2, 0) is 18.4 Å². The highest BCUT2D eigenvalue weighted by molar-refractivity contribution is 7.47.